The number of aliphatic hydroxyl groups excluding tert-OH is 1. The number of aliphatic hydroxyl groups is 1. The van der Waals surface area contributed by atoms with Gasteiger partial charge in [-0.25, -0.2) is 4.39 Å². The van der Waals surface area contributed by atoms with Crippen LogP contribution in [0.4, 0.5) is 4.39 Å². The average Bonchev–Trinajstić information content (AvgIpc) is 2.72. The molecule has 1 aliphatic rings. The minimum absolute atomic E-state index is 0.00895. The van der Waals surface area contributed by atoms with Gasteiger partial charge in [-0.1, -0.05) is 18.2 Å². The summed E-state index contributed by atoms with van der Waals surface area (Å²) < 4.78 is 14.1. The smallest absolute Gasteiger partial charge is 0.303 e. The number of hydrogen-bond donors (Lipinski definition) is 2. The Morgan fingerprint density at radius 3 is 2.52 bits per heavy atom. The van der Waals surface area contributed by atoms with Crippen molar-refractivity contribution in [2.45, 2.75) is 25.8 Å². The third-order valence-electron chi connectivity index (χ3n) is 3.67. The molecule has 0 aliphatic carbocycles. The van der Waals surface area contributed by atoms with E-state index in [4.69, 9.17) is 5.11 Å². The van der Waals surface area contributed by atoms with E-state index < -0.39 is 35.3 Å². The van der Waals surface area contributed by atoms with E-state index in [9.17, 15) is 23.9 Å². The van der Waals surface area contributed by atoms with Crippen molar-refractivity contribution in [1.29, 1.82) is 0 Å². The largest absolute Gasteiger partial charge is 0.503 e. The predicted octanol–water partition coefficient (Wildman–Crippen LogP) is 1.97. The molecule has 1 heterocycles. The fraction of sp³-hybridized carbons (Fsp3) is 0.312. The van der Waals surface area contributed by atoms with Crippen LogP contribution in [-0.2, 0) is 14.4 Å². The SMILES string of the molecule is CC(=O)C1=C(O)C(=O)N(CCCC(=O)O)[C@H]1c1ccccc1F. The third-order valence-corrected chi connectivity index (χ3v) is 3.67. The number of rotatable bonds is 6. The van der Waals surface area contributed by atoms with Crippen molar-refractivity contribution in [3.8, 4) is 0 Å². The van der Waals surface area contributed by atoms with Crippen LogP contribution in [0.5, 0.6) is 0 Å². The van der Waals surface area contributed by atoms with Gasteiger partial charge in [0.2, 0.25) is 0 Å². The summed E-state index contributed by atoms with van der Waals surface area (Å²) in [5, 5.41) is 18.7. The molecule has 1 aliphatic heterocycles. The second kappa shape index (κ2) is 6.60. The number of carbonyl (C=O) groups excluding carboxylic acids is 2. The van der Waals surface area contributed by atoms with E-state index in [0.717, 1.165) is 4.90 Å². The molecule has 0 spiro atoms. The highest BCUT2D eigenvalue weighted by atomic mass is 19.1. The molecule has 0 fully saturated rings. The second-order valence-electron chi connectivity index (χ2n) is 5.24. The van der Waals surface area contributed by atoms with Crippen molar-refractivity contribution < 1.29 is 29.0 Å². The lowest BCUT2D eigenvalue weighted by molar-refractivity contribution is -0.138. The first kappa shape index (κ1) is 16.7. The summed E-state index contributed by atoms with van der Waals surface area (Å²) in [5.41, 5.74) is -0.0825. The third kappa shape index (κ3) is 3.23. The summed E-state index contributed by atoms with van der Waals surface area (Å²) in [6.45, 7) is 1.18. The Bertz CT molecular complexity index is 697. The van der Waals surface area contributed by atoms with Crippen LogP contribution in [0.25, 0.3) is 0 Å². The predicted molar refractivity (Wildman–Crippen MR) is 78.1 cm³/mol. The molecule has 2 rings (SSSR count). The highest BCUT2D eigenvalue weighted by molar-refractivity contribution is 6.08. The maximum atomic E-state index is 14.1. The molecule has 2 N–H and O–H groups in total. The van der Waals surface area contributed by atoms with Crippen molar-refractivity contribution in [2.24, 2.45) is 0 Å². The number of nitrogens with zero attached hydrogens (tertiary/aromatic N) is 1. The Kier molecular flexibility index (Phi) is 4.78. The lowest BCUT2D eigenvalue weighted by atomic mass is 9.96. The van der Waals surface area contributed by atoms with Crippen LogP contribution < -0.4 is 0 Å². The zero-order chi connectivity index (χ0) is 17.1. The quantitative estimate of drug-likeness (QED) is 0.835. The number of carbonyl (C=O) groups is 3. The van der Waals surface area contributed by atoms with E-state index in [2.05, 4.69) is 0 Å². The summed E-state index contributed by atoms with van der Waals surface area (Å²) in [5.74, 6) is -3.68. The van der Waals surface area contributed by atoms with Gasteiger partial charge < -0.3 is 15.1 Å². The standard InChI is InChI=1S/C16H16FNO5/c1-9(19)13-14(10-5-2-3-6-11(10)17)18(16(23)15(13)22)8-4-7-12(20)21/h2-3,5-6,14,22H,4,7-8H2,1H3,(H,20,21)/t14-/m0/s1. The highest BCUT2D eigenvalue weighted by Gasteiger charge is 2.42. The van der Waals surface area contributed by atoms with Crippen LogP contribution in [-0.4, -0.2) is 39.3 Å². The Hall–Kier alpha value is -2.70. The van der Waals surface area contributed by atoms with Gasteiger partial charge in [0.1, 0.15) is 5.82 Å². The van der Waals surface area contributed by atoms with Gasteiger partial charge >= 0.3 is 5.97 Å². The maximum Gasteiger partial charge on any atom is 0.303 e. The summed E-state index contributed by atoms with van der Waals surface area (Å²) >= 11 is 0. The van der Waals surface area contributed by atoms with Crippen LogP contribution in [0.1, 0.15) is 31.4 Å². The first-order valence-corrected chi connectivity index (χ1v) is 7.05. The molecule has 1 amide bonds. The number of ketones is 1. The fourth-order valence-corrected chi connectivity index (χ4v) is 2.66. The first-order chi connectivity index (χ1) is 10.8. The molecule has 122 valence electrons. The lowest BCUT2D eigenvalue weighted by Gasteiger charge is -2.26. The van der Waals surface area contributed by atoms with Crippen LogP contribution in [0.15, 0.2) is 35.6 Å². The van der Waals surface area contributed by atoms with Crippen molar-refractivity contribution in [3.05, 3.63) is 47.0 Å². The van der Waals surface area contributed by atoms with Crippen LogP contribution in [0.3, 0.4) is 0 Å². The number of carboxylic acid groups (broad SMARTS) is 1. The Labute approximate surface area is 131 Å². The molecule has 0 bridgehead atoms. The van der Waals surface area contributed by atoms with Gasteiger partial charge in [-0.05, 0) is 19.4 Å². The molecule has 0 saturated carbocycles. The molecule has 1 aromatic rings. The van der Waals surface area contributed by atoms with Gasteiger partial charge in [-0.3, -0.25) is 14.4 Å². The molecule has 6 nitrogen and oxygen atoms in total. The molecule has 0 aromatic heterocycles. The van der Waals surface area contributed by atoms with Crippen molar-refractivity contribution in [2.75, 3.05) is 6.54 Å². The molecule has 23 heavy (non-hydrogen) atoms. The Morgan fingerprint density at radius 2 is 1.96 bits per heavy atom. The zero-order valence-corrected chi connectivity index (χ0v) is 12.5. The molecular weight excluding hydrogens is 305 g/mol. The summed E-state index contributed by atoms with van der Waals surface area (Å²) in [4.78, 5) is 35.8. The van der Waals surface area contributed by atoms with E-state index >= 15 is 0 Å². The number of Topliss-reactive ketones (excluding diaryl/α,β-unsaturated/α-hetero) is 1. The highest BCUT2D eigenvalue weighted by Crippen LogP contribution is 2.38. The fourth-order valence-electron chi connectivity index (χ4n) is 2.66. The van der Waals surface area contributed by atoms with E-state index in [-0.39, 0.29) is 30.5 Å². The molecule has 0 radical (unpaired) electrons. The van der Waals surface area contributed by atoms with E-state index in [0.29, 0.717) is 0 Å². The number of halogens is 1. The summed E-state index contributed by atoms with van der Waals surface area (Å²) in [7, 11) is 0. The van der Waals surface area contributed by atoms with E-state index in [1.165, 1.54) is 25.1 Å². The topological polar surface area (TPSA) is 94.9 Å². The van der Waals surface area contributed by atoms with Gasteiger partial charge in [0.15, 0.2) is 11.5 Å². The Morgan fingerprint density at radius 1 is 1.30 bits per heavy atom. The molecule has 1 aromatic carbocycles. The van der Waals surface area contributed by atoms with Crippen molar-refractivity contribution in [1.82, 2.24) is 4.90 Å². The van der Waals surface area contributed by atoms with Crippen LogP contribution in [0.2, 0.25) is 0 Å². The normalized spacial score (nSPS) is 17.7. The average molecular weight is 321 g/mol. The van der Waals surface area contributed by atoms with Crippen LogP contribution >= 0.6 is 0 Å². The first-order valence-electron chi connectivity index (χ1n) is 7.05. The van der Waals surface area contributed by atoms with Gasteiger partial charge in [0, 0.05) is 18.5 Å². The minimum Gasteiger partial charge on any atom is -0.503 e. The monoisotopic (exact) mass is 321 g/mol. The van der Waals surface area contributed by atoms with E-state index in [1.807, 2.05) is 0 Å². The maximum absolute atomic E-state index is 14.1. The number of carboxylic acids is 1. The van der Waals surface area contributed by atoms with Crippen LogP contribution in [0, 0.1) is 5.82 Å². The molecule has 0 saturated heterocycles. The molecule has 7 heteroatoms. The molecule has 1 atom stereocenters. The van der Waals surface area contributed by atoms with E-state index in [1.54, 1.807) is 6.07 Å². The van der Waals surface area contributed by atoms with Gasteiger partial charge in [-0.15, -0.1) is 0 Å². The number of amides is 1. The molecule has 0 unspecified atom stereocenters. The summed E-state index contributed by atoms with van der Waals surface area (Å²) in [6, 6.07) is 4.61. The number of hydrogen-bond acceptors (Lipinski definition) is 4. The van der Waals surface area contributed by atoms with Gasteiger partial charge in [0.05, 0.1) is 11.6 Å². The minimum atomic E-state index is -1.05. The summed E-state index contributed by atoms with van der Waals surface area (Å²) in [6.07, 6.45) is -0.0472. The zero-order valence-electron chi connectivity index (χ0n) is 12.5. The van der Waals surface area contributed by atoms with Crippen molar-refractivity contribution in [3.63, 3.8) is 0 Å². The number of benzene rings is 1. The lowest BCUT2D eigenvalue weighted by Crippen LogP contribution is -2.32. The van der Waals surface area contributed by atoms with Gasteiger partial charge in [0.25, 0.3) is 5.91 Å². The number of aliphatic carboxylic acids is 1. The van der Waals surface area contributed by atoms with Gasteiger partial charge in [-0.2, -0.15) is 0 Å². The van der Waals surface area contributed by atoms with Crippen molar-refractivity contribution >= 4 is 17.7 Å². The Balaban J connectivity index is 2.41. The molecular formula is C16H16FNO5. The second-order valence-corrected chi connectivity index (χ2v) is 5.24.